The van der Waals surface area contributed by atoms with Crippen molar-refractivity contribution in [1.29, 1.82) is 0 Å². The summed E-state index contributed by atoms with van der Waals surface area (Å²) >= 11 is 0. The average molecular weight is 262 g/mol. The zero-order valence-electron chi connectivity index (χ0n) is 10.2. The third-order valence-corrected chi connectivity index (χ3v) is 2.61. The fourth-order valence-corrected chi connectivity index (χ4v) is 1.70. The number of ether oxygens (including phenoxy) is 1. The zero-order chi connectivity index (χ0) is 13.6. The van der Waals surface area contributed by atoms with Crippen molar-refractivity contribution >= 4 is 0 Å². The molecule has 1 aromatic rings. The first-order chi connectivity index (χ1) is 8.42. The van der Waals surface area contributed by atoms with Gasteiger partial charge >= 0.3 is 6.18 Å². The standard InChI is InChI=1S/C13H17F3O2/c1-10-3-2-4-11(7-10)12(8-17)5-6-18-9-13(14,15)16/h2-4,7,12,17H,5-6,8-9H2,1H3. The fourth-order valence-electron chi connectivity index (χ4n) is 1.70. The van der Waals surface area contributed by atoms with Crippen molar-refractivity contribution in [3.63, 3.8) is 0 Å². The molecule has 0 bridgehead atoms. The summed E-state index contributed by atoms with van der Waals surface area (Å²) in [5, 5.41) is 9.25. The van der Waals surface area contributed by atoms with Crippen molar-refractivity contribution in [1.82, 2.24) is 0 Å². The fraction of sp³-hybridized carbons (Fsp3) is 0.538. The van der Waals surface area contributed by atoms with E-state index in [-0.39, 0.29) is 19.1 Å². The molecule has 0 saturated heterocycles. The van der Waals surface area contributed by atoms with E-state index in [4.69, 9.17) is 0 Å². The van der Waals surface area contributed by atoms with E-state index < -0.39 is 12.8 Å². The van der Waals surface area contributed by atoms with Crippen molar-refractivity contribution in [3.8, 4) is 0 Å². The minimum atomic E-state index is -4.29. The number of alkyl halides is 3. The molecule has 0 heterocycles. The number of rotatable bonds is 6. The molecule has 0 saturated carbocycles. The molecule has 0 aliphatic carbocycles. The van der Waals surface area contributed by atoms with Gasteiger partial charge in [-0.15, -0.1) is 0 Å². The second-order valence-corrected chi connectivity index (χ2v) is 4.25. The molecule has 5 heteroatoms. The highest BCUT2D eigenvalue weighted by atomic mass is 19.4. The van der Waals surface area contributed by atoms with Gasteiger partial charge in [-0.3, -0.25) is 0 Å². The molecule has 0 spiro atoms. The lowest BCUT2D eigenvalue weighted by molar-refractivity contribution is -0.174. The smallest absolute Gasteiger partial charge is 0.396 e. The first kappa shape index (κ1) is 15.0. The third kappa shape index (κ3) is 5.51. The highest BCUT2D eigenvalue weighted by Gasteiger charge is 2.27. The number of benzene rings is 1. The van der Waals surface area contributed by atoms with Crippen molar-refractivity contribution in [2.45, 2.75) is 25.4 Å². The topological polar surface area (TPSA) is 29.5 Å². The largest absolute Gasteiger partial charge is 0.411 e. The monoisotopic (exact) mass is 262 g/mol. The number of aryl methyl sites for hydroxylation is 1. The van der Waals surface area contributed by atoms with E-state index in [1.807, 2.05) is 31.2 Å². The Morgan fingerprint density at radius 1 is 1.33 bits per heavy atom. The molecule has 1 unspecified atom stereocenters. The highest BCUT2D eigenvalue weighted by Crippen LogP contribution is 2.21. The average Bonchev–Trinajstić information content (AvgIpc) is 2.27. The Hall–Kier alpha value is -1.07. The summed E-state index contributed by atoms with van der Waals surface area (Å²) in [6, 6.07) is 7.57. The van der Waals surface area contributed by atoms with Crippen LogP contribution in [0.5, 0.6) is 0 Å². The van der Waals surface area contributed by atoms with Crippen molar-refractivity contribution in [2.75, 3.05) is 19.8 Å². The Labute approximate surface area is 104 Å². The summed E-state index contributed by atoms with van der Waals surface area (Å²) in [6.07, 6.45) is -3.92. The Balaban J connectivity index is 2.43. The summed E-state index contributed by atoms with van der Waals surface area (Å²) in [7, 11) is 0. The van der Waals surface area contributed by atoms with Crippen LogP contribution in [-0.4, -0.2) is 31.1 Å². The lowest BCUT2D eigenvalue weighted by Gasteiger charge is -2.15. The zero-order valence-corrected chi connectivity index (χ0v) is 10.2. The molecular formula is C13H17F3O2. The molecule has 2 nitrogen and oxygen atoms in total. The first-order valence-electron chi connectivity index (χ1n) is 5.74. The van der Waals surface area contributed by atoms with Crippen LogP contribution in [0.4, 0.5) is 13.2 Å². The van der Waals surface area contributed by atoms with Crippen LogP contribution in [0.2, 0.25) is 0 Å². The van der Waals surface area contributed by atoms with Crippen LogP contribution in [0.25, 0.3) is 0 Å². The molecule has 1 atom stereocenters. The molecule has 0 fully saturated rings. The van der Waals surface area contributed by atoms with Crippen LogP contribution < -0.4 is 0 Å². The molecule has 0 aliphatic heterocycles. The minimum Gasteiger partial charge on any atom is -0.396 e. The molecule has 18 heavy (non-hydrogen) atoms. The third-order valence-electron chi connectivity index (χ3n) is 2.61. The SMILES string of the molecule is Cc1cccc(C(CO)CCOCC(F)(F)F)c1. The first-order valence-corrected chi connectivity index (χ1v) is 5.74. The minimum absolute atomic E-state index is 0.0152. The normalized spacial score (nSPS) is 13.6. The predicted molar refractivity (Wildman–Crippen MR) is 62.5 cm³/mol. The molecule has 1 rings (SSSR count). The van der Waals surface area contributed by atoms with Crippen LogP contribution >= 0.6 is 0 Å². The number of aliphatic hydroxyl groups excluding tert-OH is 1. The van der Waals surface area contributed by atoms with Crippen LogP contribution in [0.1, 0.15) is 23.5 Å². The Bertz CT molecular complexity index is 363. The van der Waals surface area contributed by atoms with E-state index in [1.54, 1.807) is 0 Å². The quantitative estimate of drug-likeness (QED) is 0.798. The van der Waals surface area contributed by atoms with Gasteiger partial charge in [-0.2, -0.15) is 13.2 Å². The molecule has 0 radical (unpaired) electrons. The van der Waals surface area contributed by atoms with Crippen molar-refractivity contribution < 1.29 is 23.0 Å². The van der Waals surface area contributed by atoms with E-state index in [1.165, 1.54) is 0 Å². The van der Waals surface area contributed by atoms with E-state index in [2.05, 4.69) is 4.74 Å². The van der Waals surface area contributed by atoms with Gasteiger partial charge in [-0.1, -0.05) is 29.8 Å². The van der Waals surface area contributed by atoms with Gasteiger partial charge in [0.25, 0.3) is 0 Å². The molecule has 1 N–H and O–H groups in total. The van der Waals surface area contributed by atoms with E-state index in [0.29, 0.717) is 6.42 Å². The van der Waals surface area contributed by atoms with Gasteiger partial charge < -0.3 is 9.84 Å². The Morgan fingerprint density at radius 2 is 2.06 bits per heavy atom. The van der Waals surface area contributed by atoms with Crippen LogP contribution in [0, 0.1) is 6.92 Å². The van der Waals surface area contributed by atoms with Gasteiger partial charge in [-0.05, 0) is 18.9 Å². The van der Waals surface area contributed by atoms with E-state index in [0.717, 1.165) is 11.1 Å². The Morgan fingerprint density at radius 3 is 2.61 bits per heavy atom. The molecule has 0 aromatic heterocycles. The van der Waals surface area contributed by atoms with Gasteiger partial charge in [0.05, 0.1) is 6.61 Å². The van der Waals surface area contributed by atoms with Gasteiger partial charge in [-0.25, -0.2) is 0 Å². The predicted octanol–water partition coefficient (Wildman–Crippen LogP) is 3.04. The second kappa shape index (κ2) is 6.75. The summed E-state index contributed by atoms with van der Waals surface area (Å²) in [5.74, 6) is -0.182. The van der Waals surface area contributed by atoms with Gasteiger partial charge in [0.1, 0.15) is 6.61 Å². The number of hydrogen-bond donors (Lipinski definition) is 1. The maximum atomic E-state index is 11.9. The molecule has 0 amide bonds. The number of aliphatic hydroxyl groups is 1. The number of hydrogen-bond acceptors (Lipinski definition) is 2. The summed E-state index contributed by atoms with van der Waals surface area (Å²) in [5.41, 5.74) is 1.98. The van der Waals surface area contributed by atoms with Gasteiger partial charge in [0, 0.05) is 12.5 Å². The molecule has 1 aromatic carbocycles. The lowest BCUT2D eigenvalue weighted by atomic mass is 9.96. The maximum Gasteiger partial charge on any atom is 0.411 e. The van der Waals surface area contributed by atoms with Crippen LogP contribution in [0.15, 0.2) is 24.3 Å². The van der Waals surface area contributed by atoms with Crippen LogP contribution in [0.3, 0.4) is 0 Å². The van der Waals surface area contributed by atoms with Crippen LogP contribution in [-0.2, 0) is 4.74 Å². The number of halogens is 3. The lowest BCUT2D eigenvalue weighted by Crippen LogP contribution is -2.18. The summed E-state index contributed by atoms with van der Waals surface area (Å²) in [6.45, 7) is 0.578. The molecule has 102 valence electrons. The van der Waals surface area contributed by atoms with Crippen molar-refractivity contribution in [2.24, 2.45) is 0 Å². The maximum absolute atomic E-state index is 11.9. The van der Waals surface area contributed by atoms with E-state index >= 15 is 0 Å². The Kier molecular flexibility index (Phi) is 5.62. The van der Waals surface area contributed by atoms with Crippen molar-refractivity contribution in [3.05, 3.63) is 35.4 Å². The van der Waals surface area contributed by atoms with Gasteiger partial charge in [0.15, 0.2) is 0 Å². The molecule has 0 aliphatic rings. The molecular weight excluding hydrogens is 245 g/mol. The summed E-state index contributed by atoms with van der Waals surface area (Å²) in [4.78, 5) is 0. The second-order valence-electron chi connectivity index (χ2n) is 4.25. The summed E-state index contributed by atoms with van der Waals surface area (Å²) < 4.78 is 40.1. The highest BCUT2D eigenvalue weighted by molar-refractivity contribution is 5.25. The van der Waals surface area contributed by atoms with E-state index in [9.17, 15) is 18.3 Å². The van der Waals surface area contributed by atoms with Gasteiger partial charge in [0.2, 0.25) is 0 Å².